The molecule has 0 aliphatic carbocycles. The lowest BCUT2D eigenvalue weighted by Crippen LogP contribution is -2.05. The van der Waals surface area contributed by atoms with Crippen LogP contribution < -0.4 is 0 Å². The highest BCUT2D eigenvalue weighted by Crippen LogP contribution is 2.27. The third kappa shape index (κ3) is 1.76. The summed E-state index contributed by atoms with van der Waals surface area (Å²) in [4.78, 5) is 22.6. The zero-order valence-corrected chi connectivity index (χ0v) is 7.78. The lowest BCUT2D eigenvalue weighted by molar-refractivity contribution is -0.428. The summed E-state index contributed by atoms with van der Waals surface area (Å²) >= 11 is 0. The second-order valence-electron chi connectivity index (χ2n) is 2.59. The average molecular weight is 216 g/mol. The maximum Gasteiger partial charge on any atom is 0.462 e. The number of nitrogens with zero attached hydrogens (tertiary/aromatic N) is 4. The van der Waals surface area contributed by atoms with Crippen LogP contribution in [0.1, 0.15) is 12.7 Å². The van der Waals surface area contributed by atoms with E-state index in [0.29, 0.717) is 0 Å². The zero-order valence-electron chi connectivity index (χ0n) is 7.78. The molecule has 9 nitrogen and oxygen atoms in total. The Labute approximate surface area is 83.3 Å². The van der Waals surface area contributed by atoms with E-state index in [2.05, 4.69) is 4.98 Å². The number of imidazole rings is 1. The van der Waals surface area contributed by atoms with Crippen molar-refractivity contribution in [3.63, 3.8) is 0 Å². The predicted molar refractivity (Wildman–Crippen MR) is 47.1 cm³/mol. The molecule has 9 heteroatoms. The molecule has 0 aliphatic rings. The molecular weight excluding hydrogens is 208 g/mol. The summed E-state index contributed by atoms with van der Waals surface area (Å²) in [5.74, 6) is -1.63. The van der Waals surface area contributed by atoms with Crippen molar-refractivity contribution in [2.45, 2.75) is 20.1 Å². The Bertz CT molecular complexity index is 412. The molecule has 0 spiro atoms. The molecular formula is C6H8N4O5. The first-order valence-corrected chi connectivity index (χ1v) is 4.02. The van der Waals surface area contributed by atoms with Crippen molar-refractivity contribution >= 4 is 11.6 Å². The lowest BCUT2D eigenvalue weighted by Gasteiger charge is -1.96. The van der Waals surface area contributed by atoms with Crippen LogP contribution in [0.5, 0.6) is 0 Å². The van der Waals surface area contributed by atoms with E-state index < -0.39 is 28.1 Å². The van der Waals surface area contributed by atoms with Gasteiger partial charge in [0, 0.05) is 4.98 Å². The Hall–Kier alpha value is -2.03. The average Bonchev–Trinajstić information content (AvgIpc) is 2.55. The van der Waals surface area contributed by atoms with Crippen molar-refractivity contribution in [2.75, 3.05) is 0 Å². The van der Waals surface area contributed by atoms with Gasteiger partial charge in [0.05, 0.1) is 6.54 Å². The van der Waals surface area contributed by atoms with Crippen molar-refractivity contribution in [1.82, 2.24) is 9.55 Å². The fraction of sp³-hybridized carbons (Fsp3) is 0.500. The van der Waals surface area contributed by atoms with Crippen molar-refractivity contribution in [3.8, 4) is 0 Å². The van der Waals surface area contributed by atoms with Crippen molar-refractivity contribution in [1.29, 1.82) is 0 Å². The van der Waals surface area contributed by atoms with Crippen LogP contribution in [0.15, 0.2) is 0 Å². The second kappa shape index (κ2) is 4.00. The maximum atomic E-state index is 10.6. The van der Waals surface area contributed by atoms with Gasteiger partial charge < -0.3 is 25.3 Å². The standard InChI is InChI=1S/C6H8N4O5/c1-2-8-4(3-11)7-5(9(12)13)6(8)10(14)15/h11H,2-3H2,1H3. The van der Waals surface area contributed by atoms with E-state index in [0.717, 1.165) is 4.57 Å². The first kappa shape index (κ1) is 11.0. The van der Waals surface area contributed by atoms with Crippen LogP contribution in [-0.4, -0.2) is 24.5 Å². The second-order valence-corrected chi connectivity index (χ2v) is 2.59. The third-order valence-corrected chi connectivity index (χ3v) is 1.81. The van der Waals surface area contributed by atoms with Crippen LogP contribution in [0.3, 0.4) is 0 Å². The van der Waals surface area contributed by atoms with Gasteiger partial charge in [-0.1, -0.05) is 0 Å². The minimum absolute atomic E-state index is 0.0871. The Morgan fingerprint density at radius 3 is 2.33 bits per heavy atom. The molecule has 0 amide bonds. The monoisotopic (exact) mass is 216 g/mol. The van der Waals surface area contributed by atoms with Gasteiger partial charge in [-0.25, -0.2) is 0 Å². The van der Waals surface area contributed by atoms with E-state index >= 15 is 0 Å². The Kier molecular flexibility index (Phi) is 2.95. The van der Waals surface area contributed by atoms with E-state index in [9.17, 15) is 20.2 Å². The van der Waals surface area contributed by atoms with Crippen molar-refractivity contribution in [2.24, 2.45) is 0 Å². The fourth-order valence-corrected chi connectivity index (χ4v) is 1.23. The van der Waals surface area contributed by atoms with E-state index in [4.69, 9.17) is 5.11 Å². The smallest absolute Gasteiger partial charge is 0.383 e. The Morgan fingerprint density at radius 2 is 2.00 bits per heavy atom. The van der Waals surface area contributed by atoms with Gasteiger partial charge in [-0.15, -0.1) is 0 Å². The van der Waals surface area contributed by atoms with Gasteiger partial charge >= 0.3 is 17.5 Å². The predicted octanol–water partition coefficient (Wildman–Crippen LogP) is 0.212. The topological polar surface area (TPSA) is 124 Å². The first-order valence-electron chi connectivity index (χ1n) is 4.02. The molecule has 0 aliphatic heterocycles. The van der Waals surface area contributed by atoms with E-state index in [-0.39, 0.29) is 12.4 Å². The largest absolute Gasteiger partial charge is 0.462 e. The summed E-state index contributed by atoms with van der Waals surface area (Å²) in [6, 6.07) is 0. The van der Waals surface area contributed by atoms with E-state index in [1.165, 1.54) is 0 Å². The van der Waals surface area contributed by atoms with Gasteiger partial charge in [0.2, 0.25) is 0 Å². The molecule has 1 aromatic rings. The van der Waals surface area contributed by atoms with Gasteiger partial charge in [0.25, 0.3) is 0 Å². The minimum atomic E-state index is -0.941. The molecule has 82 valence electrons. The quantitative estimate of drug-likeness (QED) is 0.566. The number of nitro groups is 2. The molecule has 0 saturated carbocycles. The lowest BCUT2D eigenvalue weighted by atomic mass is 10.5. The summed E-state index contributed by atoms with van der Waals surface area (Å²) in [5.41, 5.74) is 0. The Balaban J connectivity index is 3.46. The highest BCUT2D eigenvalue weighted by Gasteiger charge is 2.36. The normalized spacial score (nSPS) is 10.3. The number of aliphatic hydroxyl groups excluding tert-OH is 1. The molecule has 0 fully saturated rings. The molecule has 15 heavy (non-hydrogen) atoms. The molecule has 0 aromatic carbocycles. The number of aromatic nitrogens is 2. The maximum absolute atomic E-state index is 10.6. The summed E-state index contributed by atoms with van der Waals surface area (Å²) < 4.78 is 0.998. The molecule has 1 heterocycles. The van der Waals surface area contributed by atoms with Crippen LogP contribution in [0.2, 0.25) is 0 Å². The number of aliphatic hydroxyl groups is 1. The number of hydrogen-bond donors (Lipinski definition) is 1. The zero-order chi connectivity index (χ0) is 11.6. The minimum Gasteiger partial charge on any atom is -0.383 e. The molecule has 1 rings (SSSR count). The highest BCUT2D eigenvalue weighted by atomic mass is 16.6. The van der Waals surface area contributed by atoms with Gasteiger partial charge in [-0.3, -0.25) is 0 Å². The molecule has 0 atom stereocenters. The summed E-state index contributed by atoms with van der Waals surface area (Å²) in [7, 11) is 0. The van der Waals surface area contributed by atoms with Gasteiger partial charge in [-0.2, -0.15) is 4.57 Å². The first-order chi connectivity index (χ1) is 7.02. The summed E-state index contributed by atoms with van der Waals surface area (Å²) in [6.07, 6.45) is 0. The van der Waals surface area contributed by atoms with Gasteiger partial charge in [-0.05, 0) is 16.8 Å². The summed E-state index contributed by atoms with van der Waals surface area (Å²) in [6.45, 7) is 1.12. The Morgan fingerprint density at radius 1 is 1.40 bits per heavy atom. The number of rotatable bonds is 4. The summed E-state index contributed by atoms with van der Waals surface area (Å²) in [5, 5.41) is 29.9. The molecule has 0 bridgehead atoms. The molecule has 0 unspecified atom stereocenters. The van der Waals surface area contributed by atoms with Crippen molar-refractivity contribution < 1.29 is 15.0 Å². The van der Waals surface area contributed by atoms with Gasteiger partial charge in [0.1, 0.15) is 6.61 Å². The molecule has 1 aromatic heterocycles. The third-order valence-electron chi connectivity index (χ3n) is 1.81. The SMILES string of the molecule is CCn1c(CO)nc([N+](=O)[O-])c1[N+](=O)[O-]. The number of hydrogen-bond acceptors (Lipinski definition) is 6. The highest BCUT2D eigenvalue weighted by molar-refractivity contribution is 5.42. The molecule has 0 radical (unpaired) electrons. The van der Waals surface area contributed by atoms with Crippen molar-refractivity contribution in [3.05, 3.63) is 26.1 Å². The van der Waals surface area contributed by atoms with Crippen LogP contribution in [0.4, 0.5) is 11.6 Å². The van der Waals surface area contributed by atoms with Crippen LogP contribution in [-0.2, 0) is 13.2 Å². The van der Waals surface area contributed by atoms with E-state index in [1.807, 2.05) is 0 Å². The van der Waals surface area contributed by atoms with Gasteiger partial charge in [0.15, 0.2) is 0 Å². The van der Waals surface area contributed by atoms with Crippen LogP contribution >= 0.6 is 0 Å². The molecule has 0 saturated heterocycles. The van der Waals surface area contributed by atoms with Crippen LogP contribution in [0, 0.1) is 20.2 Å². The fourth-order valence-electron chi connectivity index (χ4n) is 1.23. The molecule has 1 N–H and O–H groups in total. The van der Waals surface area contributed by atoms with Crippen LogP contribution in [0.25, 0.3) is 0 Å². The van der Waals surface area contributed by atoms with E-state index in [1.54, 1.807) is 6.92 Å².